The van der Waals surface area contributed by atoms with Crippen LogP contribution < -0.4 is 73.4 Å². The Kier molecular flexibility index (Phi) is 69.0. The van der Waals surface area contributed by atoms with E-state index in [2.05, 4.69) is 118 Å². The second kappa shape index (κ2) is 65.0. The summed E-state index contributed by atoms with van der Waals surface area (Å²) in [6, 6.07) is 0. The Morgan fingerprint density at radius 3 is 0.413 bits per heavy atom. The third-order valence-electron chi connectivity index (χ3n) is 10.5. The van der Waals surface area contributed by atoms with Crippen LogP contribution in [0.4, 0.5) is 22.0 Å². The van der Waals surface area contributed by atoms with Crippen LogP contribution in [0.5, 0.6) is 0 Å². The first-order valence-corrected chi connectivity index (χ1v) is 54.0. The van der Waals surface area contributed by atoms with E-state index in [-0.39, 0.29) is 19.8 Å². The second-order valence-electron chi connectivity index (χ2n) is 20.7. The quantitative estimate of drug-likeness (QED) is 0.0215. The SMILES string of the molecule is CCOP(=O)([O-])OCC(CF)COP(=O)([O-])O.CCOP(=O)([O-])OCC(CF)COP(=O)([O-])O.CCOP(=O)([O-])OCC(CF)COP(=O)([O-])O.O=P([O-])(O)OCC(CF)COP(=O)([O-])OCCOP(=O)([O-])OCCOP(=O)([O-])OCCOP(=O)([O-])OCCOP(=O)([O-])OCCOP(=O)([O-])OCCOP(=O)([O-])OCCOP(=O)([O-])OCC(CO)CF. The minimum absolute atomic E-state index is 0.135. The molecule has 0 bridgehead atoms. The number of phosphoric acid groups is 15. The van der Waals surface area contributed by atoms with Gasteiger partial charge in [-0.25, -0.2) is 0 Å². The first kappa shape index (κ1) is 129. The zero-order valence-corrected chi connectivity index (χ0v) is 75.6. The normalized spacial score (nSPS) is 20.8. The van der Waals surface area contributed by atoms with E-state index in [1.165, 1.54) is 20.8 Å². The molecule has 0 radical (unpaired) electrons. The van der Waals surface area contributed by atoms with Gasteiger partial charge in [0.2, 0.25) is 0 Å². The van der Waals surface area contributed by atoms with Gasteiger partial charge in [0.25, 0.3) is 117 Å². The van der Waals surface area contributed by atoms with Gasteiger partial charge in [-0.15, -0.1) is 0 Å². The van der Waals surface area contributed by atoms with Gasteiger partial charge in [0.1, 0.15) is 0 Å². The summed E-state index contributed by atoms with van der Waals surface area (Å²) >= 11 is 0. The zero-order chi connectivity index (χ0) is 94.4. The van der Waals surface area contributed by atoms with Crippen molar-refractivity contribution in [1.29, 1.82) is 0 Å². The molecule has 81 heteroatoms. The molecule has 0 rings (SSSR count). The molecule has 61 nitrogen and oxygen atoms in total. The molecule has 20 unspecified atom stereocenters. The number of hydrogen-bond acceptors (Lipinski definition) is 57. The van der Waals surface area contributed by atoms with Crippen LogP contribution in [0.1, 0.15) is 20.8 Å². The van der Waals surface area contributed by atoms with Gasteiger partial charge in [0.15, 0.2) is 0 Å². The van der Waals surface area contributed by atoms with E-state index in [4.69, 9.17) is 24.7 Å². The van der Waals surface area contributed by atoms with Crippen molar-refractivity contribution in [2.45, 2.75) is 20.8 Å². The van der Waals surface area contributed by atoms with Crippen LogP contribution in [0.2, 0.25) is 0 Å². The monoisotopic (exact) mass is 2100 g/mol. The highest BCUT2D eigenvalue weighted by Gasteiger charge is 2.25. The van der Waals surface area contributed by atoms with Crippen molar-refractivity contribution in [2.75, 3.05) is 212 Å². The van der Waals surface area contributed by atoms with Gasteiger partial charge in [-0.05, 0) is 20.8 Å². The first-order chi connectivity index (χ1) is 55.2. The van der Waals surface area contributed by atoms with E-state index in [9.17, 15) is 164 Å². The maximum Gasteiger partial charge on any atom is 0.268 e. The lowest BCUT2D eigenvalue weighted by molar-refractivity contribution is -0.238. The molecule has 0 aliphatic carbocycles. The standard InChI is InChI=1S/C22H53F2O37P9.3C6H15FO8P2/c23-15-21(17-25)18-60-69(41,42)57-13-11-55-67(37,38)53-9-7-51-65(33,34)49-5-3-47-63(29,30)45-1-2-46-64(31,32)48-4-6-50-66(35,36)52-8-10-54-68(39,40)56-12-14-58-70(43,44)61-20-22(16-24)19-59-62(26,27)28;3*1-2-13-17(11,12)15-5-6(3-7)4-14-16(8,9)10/h21-22,25H,1-20H2,(H,29,30)(H,31,32)(H,33,34)(H,35,36)(H,37,38)(H,39,40)(H,41,42)(H,43,44)(H2,26,27,28);3*6H,2-5H2,1H3,(H,11,12)(H2,8,9,10)/p-15. The number of alkyl halides is 5. The number of hydrogen-bond donors (Lipinski definition) is 5. The lowest BCUT2D eigenvalue weighted by Gasteiger charge is -2.27. The van der Waals surface area contributed by atoms with E-state index in [1.54, 1.807) is 0 Å². The number of rotatable bonds is 74. The second-order valence-corrected chi connectivity index (χ2v) is 41.0. The van der Waals surface area contributed by atoms with Gasteiger partial charge in [0, 0.05) is 29.6 Å². The molecular weight excluding hydrogens is 2020 g/mol. The maximum atomic E-state index is 12.8. The van der Waals surface area contributed by atoms with Crippen molar-refractivity contribution in [3.63, 3.8) is 0 Å². The average Bonchev–Trinajstić information content (AvgIpc) is 0.528. The third-order valence-corrected chi connectivity index (χ3v) is 23.5. The molecule has 0 aliphatic heterocycles. The highest BCUT2D eigenvalue weighted by atomic mass is 31.2. The summed E-state index contributed by atoms with van der Waals surface area (Å²) in [5, 5.41) is 8.79. The molecule has 0 fully saturated rings. The number of aliphatic hydroxyl groups excluding tert-OH is 1. The summed E-state index contributed by atoms with van der Waals surface area (Å²) in [6.07, 6.45) is 0. The third kappa shape index (κ3) is 85.2. The van der Waals surface area contributed by atoms with Gasteiger partial charge in [-0.3, -0.25) is 90.4 Å². The van der Waals surface area contributed by atoms with Crippen LogP contribution in [0.25, 0.3) is 0 Å². The van der Waals surface area contributed by atoms with E-state index in [0.29, 0.717) is 0 Å². The van der Waals surface area contributed by atoms with Crippen molar-refractivity contribution in [3.8, 4) is 0 Å². The van der Waals surface area contributed by atoms with Gasteiger partial charge in [-0.2, -0.15) is 0 Å². The molecule has 0 heterocycles. The van der Waals surface area contributed by atoms with E-state index >= 15 is 0 Å². The lowest BCUT2D eigenvalue weighted by atomic mass is 10.2. The summed E-state index contributed by atoms with van der Waals surface area (Å²) in [4.78, 5) is 201. The molecule has 121 heavy (non-hydrogen) atoms. The predicted octanol–water partition coefficient (Wildman–Crippen LogP) is -5.65. The molecule has 5 N–H and O–H groups in total. The molecule has 0 aromatic carbocycles. The Morgan fingerprint density at radius 1 is 0.198 bits per heavy atom. The minimum atomic E-state index is -5.28. The smallest absolute Gasteiger partial charge is 0.268 e. The van der Waals surface area contributed by atoms with Crippen molar-refractivity contribution in [1.82, 2.24) is 0 Å². The number of halogens is 5. The van der Waals surface area contributed by atoms with Crippen molar-refractivity contribution in [2.24, 2.45) is 29.6 Å². The van der Waals surface area contributed by atoms with E-state index in [0.717, 1.165) is 0 Å². The summed E-state index contributed by atoms with van der Waals surface area (Å²) in [7, 11) is -75.4. The fourth-order valence-electron chi connectivity index (χ4n) is 5.45. The van der Waals surface area contributed by atoms with Crippen LogP contribution in [0.3, 0.4) is 0 Å². The first-order valence-electron chi connectivity index (χ1n) is 31.9. The van der Waals surface area contributed by atoms with Gasteiger partial charge in [0.05, 0.1) is 212 Å². The average molecular weight is 2100 g/mol. The maximum absolute atomic E-state index is 12.8. The molecule has 20 atom stereocenters. The topological polar surface area (TPSA) is 943 Å². The summed E-state index contributed by atoms with van der Waals surface area (Å²) < 4.78 is 339. The van der Waals surface area contributed by atoms with Crippen LogP contribution in [-0.2, 0) is 186 Å². The van der Waals surface area contributed by atoms with Crippen LogP contribution in [0.15, 0.2) is 0 Å². The van der Waals surface area contributed by atoms with Crippen molar-refractivity contribution >= 4 is 117 Å². The predicted molar refractivity (Wildman–Crippen MR) is 349 cm³/mol. The Morgan fingerprint density at radius 2 is 0.306 bits per heavy atom. The molecule has 0 saturated carbocycles. The molecule has 0 aromatic rings. The summed E-state index contributed by atoms with van der Waals surface area (Å²) in [5.74, 6) is -6.08. The fraction of sp³-hybridized carbons (Fsp3) is 1.00. The van der Waals surface area contributed by atoms with Crippen LogP contribution >= 0.6 is 117 Å². The van der Waals surface area contributed by atoms with Crippen LogP contribution in [0, 0.1) is 29.6 Å². The molecule has 0 saturated heterocycles. The van der Waals surface area contributed by atoms with Crippen molar-refractivity contribution < 1.29 is 306 Å². The lowest BCUT2D eigenvalue weighted by Crippen LogP contribution is -2.21. The zero-order valence-electron chi connectivity index (χ0n) is 62.2. The minimum Gasteiger partial charge on any atom is -0.756 e. The molecular formula is C40H83F5O61P15-15. The van der Waals surface area contributed by atoms with Gasteiger partial charge >= 0.3 is 0 Å². The Balaban J connectivity index is -0.00000106. The van der Waals surface area contributed by atoms with Gasteiger partial charge in [-0.1, -0.05) is 0 Å². The van der Waals surface area contributed by atoms with E-state index < -0.39 is 339 Å². The Labute approximate surface area is 683 Å². The molecule has 0 amide bonds. The number of aliphatic hydroxyl groups is 1. The number of phosphoric ester groups is 15. The molecule has 0 aliphatic rings. The van der Waals surface area contributed by atoms with E-state index in [1.807, 2.05) is 0 Å². The van der Waals surface area contributed by atoms with Crippen LogP contribution in [-0.4, -0.2) is 236 Å². The molecule has 734 valence electrons. The fourth-order valence-corrected chi connectivity index (χ4v) is 15.0. The largest absolute Gasteiger partial charge is 0.756 e. The highest BCUT2D eigenvalue weighted by molar-refractivity contribution is 7.49. The van der Waals surface area contributed by atoms with Gasteiger partial charge < -0.3 is 216 Å². The Bertz CT molecular complexity index is 3410. The van der Waals surface area contributed by atoms with Crippen molar-refractivity contribution in [3.05, 3.63) is 0 Å². The highest BCUT2D eigenvalue weighted by Crippen LogP contribution is 2.48. The summed E-state index contributed by atoms with van der Waals surface area (Å²) in [5.41, 5.74) is 0. The molecule has 0 aromatic heterocycles. The molecule has 0 spiro atoms. The Hall–Kier alpha value is 1.26. The summed E-state index contributed by atoms with van der Waals surface area (Å²) in [6.45, 7) is -23.7.